The van der Waals surface area contributed by atoms with Gasteiger partial charge in [0.1, 0.15) is 5.82 Å². The largest absolute Gasteiger partial charge is 0.328 e. The molecule has 1 amide bonds. The molecular formula is C18H16BrFN2O. The van der Waals surface area contributed by atoms with Gasteiger partial charge >= 0.3 is 0 Å². The Labute approximate surface area is 142 Å². The summed E-state index contributed by atoms with van der Waals surface area (Å²) in [7, 11) is 0. The molecule has 1 aromatic heterocycles. The second kappa shape index (κ2) is 5.71. The van der Waals surface area contributed by atoms with Gasteiger partial charge in [-0.05, 0) is 48.6 Å². The number of aromatic nitrogens is 1. The number of hydrogen-bond donors (Lipinski definition) is 0. The third-order valence-electron chi connectivity index (χ3n) is 4.84. The first kappa shape index (κ1) is 14.8. The molecular weight excluding hydrogens is 359 g/mol. The molecule has 0 N–H and O–H groups in total. The Bertz CT molecular complexity index is 789. The predicted octanol–water partition coefficient (Wildman–Crippen LogP) is 4.41. The third-order valence-corrected chi connectivity index (χ3v) is 5.30. The lowest BCUT2D eigenvalue weighted by Crippen LogP contribution is -2.25. The van der Waals surface area contributed by atoms with Crippen molar-refractivity contribution in [2.45, 2.75) is 38.3 Å². The van der Waals surface area contributed by atoms with Crippen LogP contribution in [0.25, 0.3) is 0 Å². The van der Waals surface area contributed by atoms with Gasteiger partial charge < -0.3 is 4.90 Å². The summed E-state index contributed by atoms with van der Waals surface area (Å²) < 4.78 is 15.3. The first-order valence-corrected chi connectivity index (χ1v) is 8.64. The minimum Gasteiger partial charge on any atom is -0.328 e. The molecule has 2 heterocycles. The van der Waals surface area contributed by atoms with Gasteiger partial charge in [-0.2, -0.15) is 0 Å². The summed E-state index contributed by atoms with van der Waals surface area (Å²) in [6.45, 7) is 0.759. The van der Waals surface area contributed by atoms with Crippen molar-refractivity contribution in [3.8, 4) is 0 Å². The Morgan fingerprint density at radius 2 is 2.17 bits per heavy atom. The number of amides is 1. The molecule has 23 heavy (non-hydrogen) atoms. The summed E-state index contributed by atoms with van der Waals surface area (Å²) in [6.07, 6.45) is 5.07. The Balaban J connectivity index is 1.66. The second-order valence-corrected chi connectivity index (χ2v) is 7.16. The quantitative estimate of drug-likeness (QED) is 0.797. The van der Waals surface area contributed by atoms with E-state index in [1.54, 1.807) is 23.2 Å². The average molecular weight is 375 g/mol. The highest BCUT2D eigenvalue weighted by Crippen LogP contribution is 2.40. The fourth-order valence-electron chi connectivity index (χ4n) is 3.37. The lowest BCUT2D eigenvalue weighted by molar-refractivity contribution is 0.0764. The van der Waals surface area contributed by atoms with E-state index < -0.39 is 0 Å². The Kier molecular flexibility index (Phi) is 3.68. The van der Waals surface area contributed by atoms with Crippen molar-refractivity contribution in [2.75, 3.05) is 0 Å². The van der Waals surface area contributed by atoms with Crippen LogP contribution in [0.3, 0.4) is 0 Å². The predicted molar refractivity (Wildman–Crippen MR) is 88.5 cm³/mol. The molecule has 1 aromatic carbocycles. The molecule has 0 bridgehead atoms. The van der Waals surface area contributed by atoms with E-state index in [1.807, 2.05) is 6.07 Å². The van der Waals surface area contributed by atoms with E-state index in [4.69, 9.17) is 0 Å². The van der Waals surface area contributed by atoms with E-state index >= 15 is 0 Å². The summed E-state index contributed by atoms with van der Waals surface area (Å²) in [5.74, 6) is 0.114. The summed E-state index contributed by atoms with van der Waals surface area (Å²) >= 11 is 3.39. The molecule has 4 rings (SSSR count). The van der Waals surface area contributed by atoms with Crippen molar-refractivity contribution >= 4 is 21.8 Å². The van der Waals surface area contributed by atoms with Crippen LogP contribution in [-0.2, 0) is 13.1 Å². The molecule has 118 valence electrons. The number of halogens is 2. The molecule has 0 saturated heterocycles. The number of hydrogen-bond acceptors (Lipinski definition) is 2. The number of rotatable bonds is 3. The highest BCUT2D eigenvalue weighted by Gasteiger charge is 2.31. The Hall–Kier alpha value is -1.75. The smallest absolute Gasteiger partial charge is 0.256 e. The molecule has 0 unspecified atom stereocenters. The number of fused-ring (bicyclic) bond motifs is 1. The molecule has 5 heteroatoms. The molecule has 3 nitrogen and oxygen atoms in total. The average Bonchev–Trinajstić information content (AvgIpc) is 2.78. The van der Waals surface area contributed by atoms with Crippen LogP contribution in [-0.4, -0.2) is 15.8 Å². The third kappa shape index (κ3) is 2.57. The van der Waals surface area contributed by atoms with Crippen LogP contribution in [0.2, 0.25) is 0 Å². The normalized spacial score (nSPS) is 17.3. The molecule has 0 radical (unpaired) electrons. The van der Waals surface area contributed by atoms with Crippen molar-refractivity contribution in [3.63, 3.8) is 0 Å². The Morgan fingerprint density at radius 3 is 2.87 bits per heavy atom. The van der Waals surface area contributed by atoms with E-state index in [-0.39, 0.29) is 11.7 Å². The minimum atomic E-state index is -0.238. The molecule has 1 fully saturated rings. The zero-order chi connectivity index (χ0) is 16.0. The summed E-state index contributed by atoms with van der Waals surface area (Å²) in [5, 5.41) is 0. The zero-order valence-corrected chi connectivity index (χ0v) is 14.1. The SMILES string of the molecule is O=C1c2cccnc2CN1Cc1c(F)cc(Br)cc1C1CCC1. The lowest BCUT2D eigenvalue weighted by atomic mass is 9.78. The molecule has 1 aliphatic carbocycles. The second-order valence-electron chi connectivity index (χ2n) is 6.24. The van der Waals surface area contributed by atoms with Crippen LogP contribution < -0.4 is 0 Å². The van der Waals surface area contributed by atoms with E-state index in [1.165, 1.54) is 12.5 Å². The Morgan fingerprint density at radius 1 is 1.35 bits per heavy atom. The molecule has 1 aliphatic heterocycles. The van der Waals surface area contributed by atoms with Crippen LogP contribution in [0.5, 0.6) is 0 Å². The van der Waals surface area contributed by atoms with E-state index in [2.05, 4.69) is 20.9 Å². The topological polar surface area (TPSA) is 33.2 Å². The first-order valence-electron chi connectivity index (χ1n) is 7.84. The van der Waals surface area contributed by atoms with E-state index in [0.717, 1.165) is 28.6 Å². The van der Waals surface area contributed by atoms with Gasteiger partial charge in [-0.3, -0.25) is 9.78 Å². The van der Waals surface area contributed by atoms with Crippen LogP contribution in [0.15, 0.2) is 34.9 Å². The number of carbonyl (C=O) groups excluding carboxylic acids is 1. The van der Waals surface area contributed by atoms with Crippen LogP contribution >= 0.6 is 15.9 Å². The fraction of sp³-hybridized carbons (Fsp3) is 0.333. The van der Waals surface area contributed by atoms with Crippen molar-refractivity contribution in [3.05, 3.63) is 63.1 Å². The maximum Gasteiger partial charge on any atom is 0.256 e. The van der Waals surface area contributed by atoms with E-state index in [0.29, 0.717) is 30.1 Å². The van der Waals surface area contributed by atoms with Crippen LogP contribution in [0.1, 0.15) is 52.4 Å². The van der Waals surface area contributed by atoms with Crippen molar-refractivity contribution < 1.29 is 9.18 Å². The maximum absolute atomic E-state index is 14.6. The molecule has 0 spiro atoms. The van der Waals surface area contributed by atoms with Gasteiger partial charge in [-0.25, -0.2) is 4.39 Å². The highest BCUT2D eigenvalue weighted by atomic mass is 79.9. The van der Waals surface area contributed by atoms with Crippen molar-refractivity contribution in [1.29, 1.82) is 0 Å². The van der Waals surface area contributed by atoms with Gasteiger partial charge in [0.05, 0.1) is 17.8 Å². The van der Waals surface area contributed by atoms with Crippen LogP contribution in [0.4, 0.5) is 4.39 Å². The van der Waals surface area contributed by atoms with Crippen molar-refractivity contribution in [1.82, 2.24) is 9.88 Å². The number of nitrogens with zero attached hydrogens (tertiary/aromatic N) is 2. The monoisotopic (exact) mass is 374 g/mol. The van der Waals surface area contributed by atoms with Crippen molar-refractivity contribution in [2.24, 2.45) is 0 Å². The van der Waals surface area contributed by atoms with Gasteiger partial charge in [-0.1, -0.05) is 22.4 Å². The minimum absolute atomic E-state index is 0.0602. The molecule has 1 saturated carbocycles. The first-order chi connectivity index (χ1) is 11.1. The van der Waals surface area contributed by atoms with Gasteiger partial charge in [-0.15, -0.1) is 0 Å². The van der Waals surface area contributed by atoms with Gasteiger partial charge in [0.25, 0.3) is 5.91 Å². The summed E-state index contributed by atoms with van der Waals surface area (Å²) in [4.78, 5) is 18.4. The standard InChI is InChI=1S/C18H16BrFN2O/c19-12-7-14(11-3-1-4-11)15(16(20)8-12)9-22-10-17-13(18(22)23)5-2-6-21-17/h2,5-8,11H,1,3-4,9-10H2. The molecule has 2 aromatic rings. The van der Waals surface area contributed by atoms with Gasteiger partial charge in [0.15, 0.2) is 0 Å². The lowest BCUT2D eigenvalue weighted by Gasteiger charge is -2.29. The van der Waals surface area contributed by atoms with Crippen LogP contribution in [0, 0.1) is 5.82 Å². The fourth-order valence-corrected chi connectivity index (χ4v) is 3.82. The highest BCUT2D eigenvalue weighted by molar-refractivity contribution is 9.10. The number of carbonyl (C=O) groups is 1. The molecule has 0 atom stereocenters. The van der Waals surface area contributed by atoms with Gasteiger partial charge in [0, 0.05) is 22.8 Å². The van der Waals surface area contributed by atoms with Gasteiger partial charge in [0.2, 0.25) is 0 Å². The summed E-state index contributed by atoms with van der Waals surface area (Å²) in [6, 6.07) is 7.05. The number of benzene rings is 1. The zero-order valence-electron chi connectivity index (χ0n) is 12.6. The van der Waals surface area contributed by atoms with E-state index in [9.17, 15) is 9.18 Å². The summed E-state index contributed by atoms with van der Waals surface area (Å²) in [5.41, 5.74) is 3.11. The maximum atomic E-state index is 14.6. The number of pyridine rings is 1. The molecule has 2 aliphatic rings.